The number of hydrogen-bond donors (Lipinski definition) is 2. The van der Waals surface area contributed by atoms with E-state index in [0.717, 1.165) is 34.8 Å². The van der Waals surface area contributed by atoms with Crippen LogP contribution in [-0.4, -0.2) is 20.6 Å². The van der Waals surface area contributed by atoms with Gasteiger partial charge in [0.1, 0.15) is 18.7 Å². The molecular formula is C24H26N2O2+2. The van der Waals surface area contributed by atoms with Gasteiger partial charge in [-0.3, -0.25) is 0 Å². The first-order valence-corrected chi connectivity index (χ1v) is 9.74. The molecule has 0 saturated heterocycles. The number of hydrogen-bond acceptors (Lipinski definition) is 2. The van der Waals surface area contributed by atoms with Gasteiger partial charge in [-0.15, -0.1) is 0 Å². The highest BCUT2D eigenvalue weighted by Crippen LogP contribution is 2.26. The summed E-state index contributed by atoms with van der Waals surface area (Å²) in [4.78, 5) is 13.5. The van der Waals surface area contributed by atoms with E-state index >= 15 is 0 Å². The smallest absolute Gasteiger partial charge is 0.336 e. The van der Waals surface area contributed by atoms with Crippen LogP contribution in [0.25, 0.3) is 21.7 Å². The van der Waals surface area contributed by atoms with E-state index in [1.807, 2.05) is 24.3 Å². The molecule has 0 radical (unpaired) electrons. The Balaban J connectivity index is 1.64. The highest BCUT2D eigenvalue weighted by molar-refractivity contribution is 6.06. The zero-order chi connectivity index (χ0) is 19.5. The minimum absolute atomic E-state index is 0.288. The Kier molecular flexibility index (Phi) is 5.24. The maximum Gasteiger partial charge on any atom is 0.336 e. The van der Waals surface area contributed by atoms with Gasteiger partial charge in [-0.1, -0.05) is 60.7 Å². The summed E-state index contributed by atoms with van der Waals surface area (Å²) >= 11 is 0. The van der Waals surface area contributed by atoms with Crippen LogP contribution in [0, 0.1) is 0 Å². The molecule has 1 aromatic heterocycles. The third kappa shape index (κ3) is 3.70. The summed E-state index contributed by atoms with van der Waals surface area (Å²) in [7, 11) is 4.37. The average molecular weight is 374 g/mol. The number of quaternary nitrogens is 2. The minimum Gasteiger partial charge on any atom is -0.423 e. The van der Waals surface area contributed by atoms with Crippen LogP contribution in [0.15, 0.2) is 82.0 Å². The maximum atomic E-state index is 12.1. The van der Waals surface area contributed by atoms with Crippen molar-refractivity contribution in [2.75, 3.05) is 20.6 Å². The molecule has 0 saturated carbocycles. The second kappa shape index (κ2) is 7.97. The highest BCUT2D eigenvalue weighted by Gasteiger charge is 2.20. The van der Waals surface area contributed by atoms with E-state index in [-0.39, 0.29) is 5.63 Å². The van der Waals surface area contributed by atoms with Gasteiger partial charge in [0.25, 0.3) is 0 Å². The molecule has 4 nitrogen and oxygen atoms in total. The Hall–Kier alpha value is -2.95. The fourth-order valence-electron chi connectivity index (χ4n) is 3.98. The summed E-state index contributed by atoms with van der Waals surface area (Å²) in [5.41, 5.74) is 2.74. The van der Waals surface area contributed by atoms with Crippen LogP contribution in [0.3, 0.4) is 0 Å². The van der Waals surface area contributed by atoms with Gasteiger partial charge in [0.05, 0.1) is 14.1 Å². The van der Waals surface area contributed by atoms with Crippen molar-refractivity contribution in [3.63, 3.8) is 0 Å². The molecule has 3 aromatic carbocycles. The van der Waals surface area contributed by atoms with Crippen molar-refractivity contribution >= 4 is 21.7 Å². The van der Waals surface area contributed by atoms with Crippen LogP contribution in [0.5, 0.6) is 0 Å². The first kappa shape index (κ1) is 18.4. The van der Waals surface area contributed by atoms with Crippen molar-refractivity contribution in [2.24, 2.45) is 0 Å². The third-order valence-electron chi connectivity index (χ3n) is 5.38. The van der Waals surface area contributed by atoms with Crippen molar-refractivity contribution in [1.29, 1.82) is 0 Å². The van der Waals surface area contributed by atoms with Crippen LogP contribution in [0.2, 0.25) is 0 Å². The Labute approximate surface area is 164 Å². The summed E-state index contributed by atoms with van der Waals surface area (Å²) in [6.07, 6.45) is 0. The molecule has 0 unspecified atom stereocenters. The summed E-state index contributed by atoms with van der Waals surface area (Å²) in [6, 6.07) is 24.8. The lowest BCUT2D eigenvalue weighted by atomic mass is 10.0. The van der Waals surface area contributed by atoms with Gasteiger partial charge in [0.2, 0.25) is 0 Å². The Morgan fingerprint density at radius 3 is 2.50 bits per heavy atom. The summed E-state index contributed by atoms with van der Waals surface area (Å²) in [5.74, 6) is 0. The van der Waals surface area contributed by atoms with Gasteiger partial charge < -0.3 is 14.6 Å². The van der Waals surface area contributed by atoms with Crippen LogP contribution in [-0.2, 0) is 6.54 Å². The van der Waals surface area contributed by atoms with Gasteiger partial charge in [-0.2, -0.15) is 0 Å². The standard InChI is InChI=1S/C24H24N2O2/c1-26(2)21(18-9-4-3-5-10-18)16-25-15-19-14-23(27)28-22-13-12-17-8-6-7-11-20(17)24(19)22/h3-14,21,25H,15-16H2,1-2H3/p+2/t21-/m1/s1. The maximum absolute atomic E-state index is 12.1. The molecule has 4 rings (SSSR count). The summed E-state index contributed by atoms with van der Waals surface area (Å²) in [6.45, 7) is 1.69. The van der Waals surface area contributed by atoms with Gasteiger partial charge in [-0.05, 0) is 16.8 Å². The molecule has 3 N–H and O–H groups in total. The summed E-state index contributed by atoms with van der Waals surface area (Å²) < 4.78 is 5.47. The molecule has 28 heavy (non-hydrogen) atoms. The SMILES string of the molecule is C[NH+](C)[C@H](C[NH2+]Cc1cc(=O)oc2ccc3ccccc3c12)c1ccccc1. The predicted molar refractivity (Wildman–Crippen MR) is 112 cm³/mol. The first-order valence-electron chi connectivity index (χ1n) is 9.74. The van der Waals surface area contributed by atoms with Crippen molar-refractivity contribution < 1.29 is 14.6 Å². The lowest BCUT2D eigenvalue weighted by Gasteiger charge is -2.20. The number of fused-ring (bicyclic) bond motifs is 3. The predicted octanol–water partition coefficient (Wildman–Crippen LogP) is 1.90. The largest absolute Gasteiger partial charge is 0.423 e. The van der Waals surface area contributed by atoms with Crippen molar-refractivity contribution in [3.05, 3.63) is 94.3 Å². The van der Waals surface area contributed by atoms with Crippen LogP contribution >= 0.6 is 0 Å². The fraction of sp³-hybridized carbons (Fsp3) is 0.208. The van der Waals surface area contributed by atoms with Crippen molar-refractivity contribution in [2.45, 2.75) is 12.6 Å². The quantitative estimate of drug-likeness (QED) is 0.400. The topological polar surface area (TPSA) is 51.3 Å². The van der Waals surface area contributed by atoms with E-state index in [1.54, 1.807) is 6.07 Å². The van der Waals surface area contributed by atoms with E-state index in [0.29, 0.717) is 11.6 Å². The monoisotopic (exact) mass is 374 g/mol. The molecule has 0 fully saturated rings. The first-order chi connectivity index (χ1) is 13.6. The lowest BCUT2D eigenvalue weighted by Crippen LogP contribution is -3.09. The van der Waals surface area contributed by atoms with Gasteiger partial charge >= 0.3 is 5.63 Å². The number of benzene rings is 3. The normalized spacial score (nSPS) is 12.7. The zero-order valence-corrected chi connectivity index (χ0v) is 16.3. The Bertz CT molecular complexity index is 1150. The van der Waals surface area contributed by atoms with Crippen LogP contribution < -0.4 is 15.8 Å². The molecule has 0 spiro atoms. The second-order valence-corrected chi connectivity index (χ2v) is 7.52. The van der Waals surface area contributed by atoms with E-state index in [2.05, 4.69) is 61.9 Å². The lowest BCUT2D eigenvalue weighted by molar-refractivity contribution is -0.910. The molecule has 1 atom stereocenters. The van der Waals surface area contributed by atoms with E-state index in [4.69, 9.17) is 4.42 Å². The molecule has 0 aliphatic rings. The number of rotatable bonds is 6. The van der Waals surface area contributed by atoms with E-state index < -0.39 is 0 Å². The Morgan fingerprint density at radius 2 is 1.71 bits per heavy atom. The molecule has 0 aliphatic heterocycles. The third-order valence-corrected chi connectivity index (χ3v) is 5.38. The number of nitrogens with two attached hydrogens (primary N) is 1. The van der Waals surface area contributed by atoms with Gasteiger partial charge in [0.15, 0.2) is 6.04 Å². The minimum atomic E-state index is -0.288. The second-order valence-electron chi connectivity index (χ2n) is 7.52. The summed E-state index contributed by atoms with van der Waals surface area (Å²) in [5, 5.41) is 5.62. The van der Waals surface area contributed by atoms with E-state index in [1.165, 1.54) is 10.5 Å². The fourth-order valence-corrected chi connectivity index (χ4v) is 3.98. The molecule has 142 valence electrons. The molecular weight excluding hydrogens is 348 g/mol. The zero-order valence-electron chi connectivity index (χ0n) is 16.3. The highest BCUT2D eigenvalue weighted by atomic mass is 16.4. The van der Waals surface area contributed by atoms with Crippen LogP contribution in [0.1, 0.15) is 17.2 Å². The molecule has 0 amide bonds. The van der Waals surface area contributed by atoms with E-state index in [9.17, 15) is 4.79 Å². The molecule has 1 heterocycles. The number of nitrogens with one attached hydrogen (secondary N) is 1. The van der Waals surface area contributed by atoms with Crippen molar-refractivity contribution in [1.82, 2.24) is 0 Å². The average Bonchev–Trinajstić information content (AvgIpc) is 2.71. The Morgan fingerprint density at radius 1 is 0.964 bits per heavy atom. The van der Waals surface area contributed by atoms with Gasteiger partial charge in [0, 0.05) is 22.6 Å². The number of likely N-dealkylation sites (N-methyl/N-ethyl adjacent to an activating group) is 1. The molecule has 4 aromatic rings. The molecule has 4 heteroatoms. The van der Waals surface area contributed by atoms with Gasteiger partial charge in [-0.25, -0.2) is 4.79 Å². The molecule has 0 aliphatic carbocycles. The van der Waals surface area contributed by atoms with Crippen LogP contribution in [0.4, 0.5) is 0 Å². The van der Waals surface area contributed by atoms with Crippen molar-refractivity contribution in [3.8, 4) is 0 Å². The molecule has 0 bridgehead atoms.